The number of benzene rings is 2. The summed E-state index contributed by atoms with van der Waals surface area (Å²) in [5, 5.41) is 10.1. The molecule has 0 N–H and O–H groups in total. The van der Waals surface area contributed by atoms with E-state index < -0.39 is 17.8 Å². The molecule has 2 aromatic carbocycles. The fraction of sp³-hybridized carbons (Fsp3) is 0.182. The first kappa shape index (κ1) is 19.8. The van der Waals surface area contributed by atoms with Gasteiger partial charge >= 0.3 is 0 Å². The zero-order valence-electron chi connectivity index (χ0n) is 16.5. The number of amides is 1. The molecule has 1 aliphatic heterocycles. The summed E-state index contributed by atoms with van der Waals surface area (Å²) in [7, 11) is 0. The van der Waals surface area contributed by atoms with E-state index >= 15 is 0 Å². The van der Waals surface area contributed by atoms with Crippen LogP contribution in [0.4, 0.5) is 9.52 Å². The highest BCUT2D eigenvalue weighted by Crippen LogP contribution is 2.42. The topological polar surface area (TPSA) is 76.3 Å². The third-order valence-corrected chi connectivity index (χ3v) is 6.78. The first-order chi connectivity index (χ1) is 14.9. The first-order valence-electron chi connectivity index (χ1n) is 9.57. The lowest BCUT2D eigenvalue weighted by Gasteiger charge is -2.22. The normalized spacial score (nSPS) is 15.7. The first-order valence-corrected chi connectivity index (χ1v) is 10.8. The Morgan fingerprint density at radius 3 is 2.61 bits per heavy atom. The van der Waals surface area contributed by atoms with Crippen molar-refractivity contribution >= 4 is 44.9 Å². The number of carbonyl (C=O) groups is 1. The van der Waals surface area contributed by atoms with Crippen LogP contribution in [0.15, 0.2) is 45.6 Å². The van der Waals surface area contributed by atoms with Crippen molar-refractivity contribution in [2.75, 3.05) is 4.90 Å². The molecule has 6 nitrogen and oxygen atoms in total. The standard InChI is InChI=1S/C22H15ClFN3O3S/c1-3-16-25-26-22(31-16)27-18(11-4-6-12(24)7-5-11)17-19(28)13-9-14(23)10(2)8-15(13)30-20(17)21(27)29/h4-9,18H,3H2,1-2H3. The van der Waals surface area contributed by atoms with Crippen molar-refractivity contribution in [2.45, 2.75) is 26.3 Å². The minimum atomic E-state index is -0.818. The van der Waals surface area contributed by atoms with Crippen molar-refractivity contribution in [2.24, 2.45) is 0 Å². The lowest BCUT2D eigenvalue weighted by molar-refractivity contribution is 0.0970. The van der Waals surface area contributed by atoms with Gasteiger partial charge in [0.15, 0.2) is 5.43 Å². The molecule has 1 unspecified atom stereocenters. The number of aromatic nitrogens is 2. The van der Waals surface area contributed by atoms with Crippen LogP contribution in [0, 0.1) is 12.7 Å². The summed E-state index contributed by atoms with van der Waals surface area (Å²) in [4.78, 5) is 28.3. The van der Waals surface area contributed by atoms with Crippen LogP contribution in [0.25, 0.3) is 11.0 Å². The maximum atomic E-state index is 13.6. The molecule has 0 saturated heterocycles. The van der Waals surface area contributed by atoms with Crippen molar-refractivity contribution in [3.05, 3.63) is 84.9 Å². The maximum absolute atomic E-state index is 13.6. The maximum Gasteiger partial charge on any atom is 0.297 e. The zero-order valence-corrected chi connectivity index (χ0v) is 18.1. The summed E-state index contributed by atoms with van der Waals surface area (Å²) in [6, 6.07) is 8.04. The Labute approximate surface area is 184 Å². The number of fused-ring (bicyclic) bond motifs is 2. The third-order valence-electron chi connectivity index (χ3n) is 5.30. The van der Waals surface area contributed by atoms with Gasteiger partial charge in [0.05, 0.1) is 17.0 Å². The van der Waals surface area contributed by atoms with Crippen LogP contribution < -0.4 is 10.3 Å². The van der Waals surface area contributed by atoms with Gasteiger partial charge in [0.2, 0.25) is 10.9 Å². The lowest BCUT2D eigenvalue weighted by Crippen LogP contribution is -2.29. The second-order valence-electron chi connectivity index (χ2n) is 7.23. The van der Waals surface area contributed by atoms with E-state index in [0.29, 0.717) is 22.1 Å². The quantitative estimate of drug-likeness (QED) is 0.431. The van der Waals surface area contributed by atoms with Gasteiger partial charge in [-0.25, -0.2) is 4.39 Å². The van der Waals surface area contributed by atoms with E-state index in [1.165, 1.54) is 28.4 Å². The Kier molecular flexibility index (Phi) is 4.64. The van der Waals surface area contributed by atoms with Crippen LogP contribution in [-0.2, 0) is 6.42 Å². The van der Waals surface area contributed by atoms with Gasteiger partial charge in [-0.1, -0.05) is 42.0 Å². The molecule has 1 amide bonds. The molecular weight excluding hydrogens is 441 g/mol. The van der Waals surface area contributed by atoms with Gasteiger partial charge in [0.1, 0.15) is 16.4 Å². The third kappa shape index (κ3) is 3.05. The van der Waals surface area contributed by atoms with Crippen molar-refractivity contribution < 1.29 is 13.6 Å². The van der Waals surface area contributed by atoms with Crippen molar-refractivity contribution in [3.8, 4) is 0 Å². The highest BCUT2D eigenvalue weighted by atomic mass is 35.5. The molecule has 3 heterocycles. The van der Waals surface area contributed by atoms with Gasteiger partial charge in [-0.3, -0.25) is 14.5 Å². The zero-order chi connectivity index (χ0) is 21.9. The fourth-order valence-corrected chi connectivity index (χ4v) is 4.70. The molecule has 1 atom stereocenters. The van der Waals surface area contributed by atoms with Crippen molar-refractivity contribution in [1.29, 1.82) is 0 Å². The van der Waals surface area contributed by atoms with Crippen LogP contribution in [0.2, 0.25) is 5.02 Å². The Morgan fingerprint density at radius 2 is 1.94 bits per heavy atom. The molecule has 4 aromatic rings. The van der Waals surface area contributed by atoms with E-state index in [1.54, 1.807) is 31.2 Å². The van der Waals surface area contributed by atoms with Crippen LogP contribution in [-0.4, -0.2) is 16.1 Å². The molecule has 0 spiro atoms. The molecule has 5 rings (SSSR count). The van der Waals surface area contributed by atoms with Crippen LogP contribution >= 0.6 is 22.9 Å². The predicted octanol–water partition coefficient (Wildman–Crippen LogP) is 5.06. The van der Waals surface area contributed by atoms with Gasteiger partial charge in [0, 0.05) is 5.02 Å². The molecular formula is C22H15ClFN3O3S. The monoisotopic (exact) mass is 455 g/mol. The Balaban J connectivity index is 1.81. The van der Waals surface area contributed by atoms with Gasteiger partial charge in [-0.2, -0.15) is 0 Å². The highest BCUT2D eigenvalue weighted by molar-refractivity contribution is 7.15. The van der Waals surface area contributed by atoms with Crippen LogP contribution in [0.3, 0.4) is 0 Å². The number of halogens is 2. The fourth-order valence-electron chi connectivity index (χ4n) is 3.74. The van der Waals surface area contributed by atoms with Crippen LogP contribution in [0.5, 0.6) is 0 Å². The molecule has 0 radical (unpaired) electrons. The minimum Gasteiger partial charge on any atom is -0.450 e. The summed E-state index contributed by atoms with van der Waals surface area (Å²) in [5.74, 6) is -0.964. The largest absolute Gasteiger partial charge is 0.450 e. The number of nitrogens with zero attached hydrogens (tertiary/aromatic N) is 3. The van der Waals surface area contributed by atoms with Gasteiger partial charge in [-0.15, -0.1) is 10.2 Å². The summed E-state index contributed by atoms with van der Waals surface area (Å²) in [6.07, 6.45) is 0.659. The summed E-state index contributed by atoms with van der Waals surface area (Å²) < 4.78 is 19.5. The van der Waals surface area contributed by atoms with Crippen molar-refractivity contribution in [1.82, 2.24) is 10.2 Å². The molecule has 0 fully saturated rings. The number of anilines is 1. The second-order valence-corrected chi connectivity index (χ2v) is 8.68. The van der Waals surface area contributed by atoms with E-state index in [0.717, 1.165) is 10.6 Å². The number of hydrogen-bond acceptors (Lipinski definition) is 6. The summed E-state index contributed by atoms with van der Waals surface area (Å²) in [6.45, 7) is 3.73. The number of rotatable bonds is 3. The molecule has 1 aliphatic rings. The molecule has 2 aromatic heterocycles. The van der Waals surface area contributed by atoms with E-state index in [4.69, 9.17) is 16.0 Å². The molecule has 0 aliphatic carbocycles. The minimum absolute atomic E-state index is 0.0539. The highest BCUT2D eigenvalue weighted by Gasteiger charge is 2.45. The number of aryl methyl sites for hydroxylation is 2. The SMILES string of the molecule is CCc1nnc(N2C(=O)c3oc4cc(C)c(Cl)cc4c(=O)c3C2c2ccc(F)cc2)s1. The molecule has 31 heavy (non-hydrogen) atoms. The Bertz CT molecular complexity index is 1410. The summed E-state index contributed by atoms with van der Waals surface area (Å²) in [5.41, 5.74) is 1.39. The summed E-state index contributed by atoms with van der Waals surface area (Å²) >= 11 is 7.50. The average Bonchev–Trinajstić information content (AvgIpc) is 3.33. The smallest absolute Gasteiger partial charge is 0.297 e. The molecule has 9 heteroatoms. The average molecular weight is 456 g/mol. The van der Waals surface area contributed by atoms with E-state index in [-0.39, 0.29) is 27.7 Å². The molecule has 0 saturated carbocycles. The van der Waals surface area contributed by atoms with Gasteiger partial charge < -0.3 is 4.42 Å². The Hall–Kier alpha value is -3.10. The molecule has 0 bridgehead atoms. The number of carbonyl (C=O) groups excluding carboxylic acids is 1. The van der Waals surface area contributed by atoms with Gasteiger partial charge in [0.25, 0.3) is 5.91 Å². The van der Waals surface area contributed by atoms with E-state index in [1.807, 2.05) is 6.92 Å². The Morgan fingerprint density at radius 1 is 1.19 bits per heavy atom. The lowest BCUT2D eigenvalue weighted by atomic mass is 9.98. The van der Waals surface area contributed by atoms with E-state index in [2.05, 4.69) is 10.2 Å². The van der Waals surface area contributed by atoms with Gasteiger partial charge in [-0.05, 0) is 48.7 Å². The predicted molar refractivity (Wildman–Crippen MR) is 117 cm³/mol. The van der Waals surface area contributed by atoms with E-state index in [9.17, 15) is 14.0 Å². The van der Waals surface area contributed by atoms with Crippen molar-refractivity contribution in [3.63, 3.8) is 0 Å². The van der Waals surface area contributed by atoms with Crippen LogP contribution in [0.1, 0.15) is 45.2 Å². The second kappa shape index (κ2) is 7.25. The number of hydrogen-bond donors (Lipinski definition) is 0. The molecule has 156 valence electrons.